The summed E-state index contributed by atoms with van der Waals surface area (Å²) in [7, 11) is 1.61. The van der Waals surface area contributed by atoms with Crippen LogP contribution in [0.5, 0.6) is 0 Å². The minimum atomic E-state index is -0.634. The molecule has 2 aromatic rings. The fourth-order valence-corrected chi connectivity index (χ4v) is 1.97. The minimum Gasteiger partial charge on any atom is -0.383 e. The van der Waals surface area contributed by atoms with Gasteiger partial charge in [-0.05, 0) is 26.0 Å². The Morgan fingerprint density at radius 2 is 2.15 bits per heavy atom. The van der Waals surface area contributed by atoms with E-state index in [0.29, 0.717) is 12.6 Å². The number of aryl methyl sites for hydroxylation is 1. The van der Waals surface area contributed by atoms with Gasteiger partial charge in [0.25, 0.3) is 0 Å². The Balaban J connectivity index is 2.36. The van der Waals surface area contributed by atoms with Crippen LogP contribution in [0.3, 0.4) is 0 Å². The van der Waals surface area contributed by atoms with Crippen molar-refractivity contribution < 1.29 is 13.5 Å². The van der Waals surface area contributed by atoms with E-state index in [0.717, 1.165) is 11.8 Å². The number of imidazole rings is 1. The van der Waals surface area contributed by atoms with Crippen LogP contribution in [0.1, 0.15) is 12.6 Å². The molecule has 4 nitrogen and oxygen atoms in total. The summed E-state index contributed by atoms with van der Waals surface area (Å²) in [5.74, 6) is -0.743. The maximum Gasteiger partial charge on any atom is 0.208 e. The van der Waals surface area contributed by atoms with Gasteiger partial charge in [-0.2, -0.15) is 0 Å². The Morgan fingerprint density at radius 3 is 2.80 bits per heavy atom. The number of hydrogen-bond donors (Lipinski definition) is 1. The van der Waals surface area contributed by atoms with E-state index in [-0.39, 0.29) is 11.7 Å². The van der Waals surface area contributed by atoms with Gasteiger partial charge in [0.15, 0.2) is 0 Å². The molecular formula is C14H17F2N3O. The zero-order valence-corrected chi connectivity index (χ0v) is 11.7. The van der Waals surface area contributed by atoms with Crippen molar-refractivity contribution >= 4 is 5.95 Å². The summed E-state index contributed by atoms with van der Waals surface area (Å²) in [6.07, 6.45) is 1.69. The van der Waals surface area contributed by atoms with Gasteiger partial charge in [-0.25, -0.2) is 13.8 Å². The fraction of sp³-hybridized carbons (Fsp3) is 0.357. The molecule has 0 amide bonds. The van der Waals surface area contributed by atoms with Crippen LogP contribution in [0.25, 0.3) is 5.69 Å². The summed E-state index contributed by atoms with van der Waals surface area (Å²) < 4.78 is 33.5. The number of rotatable bonds is 5. The van der Waals surface area contributed by atoms with Gasteiger partial charge in [0.1, 0.15) is 11.6 Å². The van der Waals surface area contributed by atoms with E-state index >= 15 is 0 Å². The lowest BCUT2D eigenvalue weighted by atomic mass is 10.3. The second kappa shape index (κ2) is 6.00. The zero-order chi connectivity index (χ0) is 14.7. The van der Waals surface area contributed by atoms with E-state index in [1.165, 1.54) is 12.1 Å². The Bertz CT molecular complexity index is 598. The van der Waals surface area contributed by atoms with E-state index in [1.54, 1.807) is 17.9 Å². The summed E-state index contributed by atoms with van der Waals surface area (Å²) >= 11 is 0. The first-order valence-electron chi connectivity index (χ1n) is 6.28. The van der Waals surface area contributed by atoms with Crippen LogP contribution < -0.4 is 5.32 Å². The van der Waals surface area contributed by atoms with Crippen LogP contribution in [0.15, 0.2) is 24.4 Å². The fourth-order valence-electron chi connectivity index (χ4n) is 1.97. The zero-order valence-electron chi connectivity index (χ0n) is 11.7. The van der Waals surface area contributed by atoms with Crippen molar-refractivity contribution in [3.05, 3.63) is 41.7 Å². The molecule has 0 aliphatic heterocycles. The molecule has 1 aromatic carbocycles. The van der Waals surface area contributed by atoms with Gasteiger partial charge < -0.3 is 10.1 Å². The average molecular weight is 281 g/mol. The molecule has 20 heavy (non-hydrogen) atoms. The molecule has 0 radical (unpaired) electrons. The average Bonchev–Trinajstić information content (AvgIpc) is 2.70. The maximum atomic E-state index is 13.9. The lowest BCUT2D eigenvalue weighted by Gasteiger charge is -2.15. The largest absolute Gasteiger partial charge is 0.383 e. The molecule has 108 valence electrons. The second-order valence-electron chi connectivity index (χ2n) is 4.67. The van der Waals surface area contributed by atoms with Gasteiger partial charge >= 0.3 is 0 Å². The first kappa shape index (κ1) is 14.5. The lowest BCUT2D eigenvalue weighted by Crippen LogP contribution is -2.23. The Morgan fingerprint density at radius 1 is 1.40 bits per heavy atom. The number of nitrogens with one attached hydrogen (secondary N) is 1. The predicted octanol–water partition coefficient (Wildman–Crippen LogP) is 2.91. The summed E-state index contributed by atoms with van der Waals surface area (Å²) in [5, 5.41) is 3.14. The third-order valence-electron chi connectivity index (χ3n) is 2.79. The summed E-state index contributed by atoms with van der Waals surface area (Å²) in [6, 6.07) is 3.48. The van der Waals surface area contributed by atoms with Crippen LogP contribution in [0.4, 0.5) is 14.7 Å². The third-order valence-corrected chi connectivity index (χ3v) is 2.79. The monoisotopic (exact) mass is 281 g/mol. The molecule has 0 aliphatic carbocycles. The van der Waals surface area contributed by atoms with Crippen molar-refractivity contribution in [2.24, 2.45) is 0 Å². The number of aromatic nitrogens is 2. The molecule has 0 spiro atoms. The van der Waals surface area contributed by atoms with Crippen LogP contribution >= 0.6 is 0 Å². The van der Waals surface area contributed by atoms with Crippen molar-refractivity contribution in [1.82, 2.24) is 9.55 Å². The highest BCUT2D eigenvalue weighted by Gasteiger charge is 2.13. The molecule has 1 aromatic heterocycles. The first-order valence-corrected chi connectivity index (χ1v) is 6.28. The number of hydrogen-bond acceptors (Lipinski definition) is 3. The molecule has 2 rings (SSSR count). The predicted molar refractivity (Wildman–Crippen MR) is 73.2 cm³/mol. The molecule has 0 fully saturated rings. The van der Waals surface area contributed by atoms with Crippen LogP contribution in [0.2, 0.25) is 0 Å². The molecule has 6 heteroatoms. The van der Waals surface area contributed by atoms with Crippen molar-refractivity contribution in [1.29, 1.82) is 0 Å². The first-order chi connectivity index (χ1) is 9.51. The minimum absolute atomic E-state index is 0.0176. The molecule has 1 heterocycles. The van der Waals surface area contributed by atoms with Crippen LogP contribution in [0, 0.1) is 18.6 Å². The summed E-state index contributed by atoms with van der Waals surface area (Å²) in [6.45, 7) is 4.24. The van der Waals surface area contributed by atoms with E-state index in [2.05, 4.69) is 10.3 Å². The number of ether oxygens (including phenoxy) is 1. The van der Waals surface area contributed by atoms with E-state index in [1.807, 2.05) is 13.8 Å². The SMILES string of the molecule is COCC(C)Nc1nc(C)cn1-c1ccc(F)cc1F. The van der Waals surface area contributed by atoms with E-state index in [9.17, 15) is 8.78 Å². The van der Waals surface area contributed by atoms with Crippen molar-refractivity contribution in [3.63, 3.8) is 0 Å². The summed E-state index contributed by atoms with van der Waals surface area (Å²) in [4.78, 5) is 4.31. The topological polar surface area (TPSA) is 39.1 Å². The molecule has 0 saturated heterocycles. The molecule has 0 bridgehead atoms. The van der Waals surface area contributed by atoms with Gasteiger partial charge in [-0.15, -0.1) is 0 Å². The number of halogens is 2. The highest BCUT2D eigenvalue weighted by atomic mass is 19.1. The van der Waals surface area contributed by atoms with Gasteiger partial charge in [-0.1, -0.05) is 0 Å². The maximum absolute atomic E-state index is 13.9. The lowest BCUT2D eigenvalue weighted by molar-refractivity contribution is 0.190. The van der Waals surface area contributed by atoms with Gasteiger partial charge in [0, 0.05) is 25.4 Å². The quantitative estimate of drug-likeness (QED) is 0.916. The Kier molecular flexibility index (Phi) is 4.34. The molecule has 1 atom stereocenters. The third kappa shape index (κ3) is 3.14. The normalized spacial score (nSPS) is 12.4. The molecular weight excluding hydrogens is 264 g/mol. The van der Waals surface area contributed by atoms with Gasteiger partial charge in [-0.3, -0.25) is 4.57 Å². The molecule has 0 saturated carbocycles. The Labute approximate surface area is 116 Å². The molecule has 0 aliphatic rings. The molecule has 1 unspecified atom stereocenters. The second-order valence-corrected chi connectivity index (χ2v) is 4.67. The van der Waals surface area contributed by atoms with Crippen molar-refractivity contribution in [2.75, 3.05) is 19.0 Å². The number of methoxy groups -OCH3 is 1. The Hall–Kier alpha value is -1.95. The van der Waals surface area contributed by atoms with Crippen LogP contribution in [-0.4, -0.2) is 29.3 Å². The number of anilines is 1. The van der Waals surface area contributed by atoms with E-state index < -0.39 is 11.6 Å². The smallest absolute Gasteiger partial charge is 0.208 e. The van der Waals surface area contributed by atoms with Gasteiger partial charge in [0.05, 0.1) is 18.0 Å². The summed E-state index contributed by atoms with van der Waals surface area (Å²) in [5.41, 5.74) is 0.986. The van der Waals surface area contributed by atoms with Crippen LogP contribution in [-0.2, 0) is 4.74 Å². The van der Waals surface area contributed by atoms with Crippen molar-refractivity contribution in [3.8, 4) is 5.69 Å². The number of benzene rings is 1. The van der Waals surface area contributed by atoms with Crippen molar-refractivity contribution in [2.45, 2.75) is 19.9 Å². The number of nitrogens with zero attached hydrogens (tertiary/aromatic N) is 2. The highest BCUT2D eigenvalue weighted by Crippen LogP contribution is 2.20. The molecule has 1 N–H and O–H groups in total. The standard InChI is InChI=1S/C14H17F2N3O/c1-9-7-19(13-5-4-11(15)6-12(13)16)14(17-9)18-10(2)8-20-3/h4-7,10H,8H2,1-3H3,(H,17,18). The van der Waals surface area contributed by atoms with Gasteiger partial charge in [0.2, 0.25) is 5.95 Å². The van der Waals surface area contributed by atoms with E-state index in [4.69, 9.17) is 4.74 Å². The highest BCUT2D eigenvalue weighted by molar-refractivity contribution is 5.44.